The van der Waals surface area contributed by atoms with Crippen LogP contribution in [0, 0.1) is 0 Å². The van der Waals surface area contributed by atoms with Crippen molar-refractivity contribution in [3.63, 3.8) is 0 Å². The van der Waals surface area contributed by atoms with E-state index in [2.05, 4.69) is 82.3 Å². The van der Waals surface area contributed by atoms with Gasteiger partial charge in [0.2, 0.25) is 0 Å². The fourth-order valence-electron chi connectivity index (χ4n) is 3.64. The molecule has 165 valence electrons. The van der Waals surface area contributed by atoms with E-state index in [1.807, 2.05) is 48.8 Å². The van der Waals surface area contributed by atoms with Gasteiger partial charge in [0.05, 0.1) is 22.1 Å². The van der Waals surface area contributed by atoms with Gasteiger partial charge in [0, 0.05) is 46.3 Å². The van der Waals surface area contributed by atoms with Crippen LogP contribution < -0.4 is 4.72 Å². The van der Waals surface area contributed by atoms with Gasteiger partial charge in [-0.1, -0.05) is 24.3 Å². The van der Waals surface area contributed by atoms with Crippen molar-refractivity contribution >= 4 is 48.3 Å². The number of hydrogen-bond acceptors (Lipinski definition) is 5. The number of fused-ring (bicyclic) bond motifs is 6. The molecule has 34 heavy (non-hydrogen) atoms. The number of nitrogens with one attached hydrogen (secondary N) is 1. The molecule has 7 heteroatoms. The van der Waals surface area contributed by atoms with Crippen LogP contribution in [0.15, 0.2) is 110 Å². The largest absolute Gasteiger partial charge is 0.256 e. The Bertz CT molecular complexity index is 1460. The molecule has 0 spiro atoms. The molecule has 5 aromatic heterocycles. The fourth-order valence-corrected chi connectivity index (χ4v) is 3.81. The van der Waals surface area contributed by atoms with E-state index in [9.17, 15) is 0 Å². The summed E-state index contributed by atoms with van der Waals surface area (Å²) >= 11 is 3.51. The normalized spacial score (nSPS) is 10.5. The molecule has 0 amide bonds. The summed E-state index contributed by atoms with van der Waals surface area (Å²) in [5, 5.41) is 4.55. The molecule has 0 bridgehead atoms. The van der Waals surface area contributed by atoms with Gasteiger partial charge in [-0.05, 0) is 48.5 Å². The molecule has 1 N–H and O–H groups in total. The zero-order valence-electron chi connectivity index (χ0n) is 18.0. The van der Waals surface area contributed by atoms with Crippen molar-refractivity contribution in [2.75, 3.05) is 0 Å². The molecule has 0 unspecified atom stereocenters. The number of H-pyrrole nitrogens is 1. The number of aromatic amines is 1. The van der Waals surface area contributed by atoms with Crippen molar-refractivity contribution in [2.24, 2.45) is 0 Å². The average Bonchev–Trinajstić information content (AvgIpc) is 3.40. The molecular formula is C27H19FeN6. The Morgan fingerprint density at radius 1 is 0.500 bits per heavy atom. The minimum Gasteiger partial charge on any atom is -0.256 e. The third kappa shape index (κ3) is 4.76. The third-order valence-corrected chi connectivity index (χ3v) is 5.47. The summed E-state index contributed by atoms with van der Waals surface area (Å²) in [5.41, 5.74) is 4.05. The van der Waals surface area contributed by atoms with E-state index in [1.54, 1.807) is 24.8 Å². The molecule has 0 aliphatic heterocycles. The summed E-state index contributed by atoms with van der Waals surface area (Å²) in [7, 11) is 0. The zero-order valence-corrected chi connectivity index (χ0v) is 19.1. The monoisotopic (exact) mass is 483 g/mol. The SMILES string of the molecule is [Fe][c]1ncc[nH]1.c1cnc2c(c1)ccc1ncccc12.c1cnc2c(c1)ccc1ncccc12. The quantitative estimate of drug-likeness (QED) is 0.239. The maximum atomic E-state index is 4.37. The van der Waals surface area contributed by atoms with Crippen molar-refractivity contribution in [1.29, 1.82) is 0 Å². The number of hydrogen-bond donors (Lipinski definition) is 1. The van der Waals surface area contributed by atoms with E-state index in [-0.39, 0.29) is 0 Å². The maximum Gasteiger partial charge on any atom is 0.0795 e. The van der Waals surface area contributed by atoms with Crippen LogP contribution in [0.3, 0.4) is 0 Å². The molecule has 0 aliphatic rings. The van der Waals surface area contributed by atoms with Gasteiger partial charge in [-0.25, -0.2) is 0 Å². The number of benzene rings is 2. The second kappa shape index (κ2) is 10.2. The second-order valence-electron chi connectivity index (χ2n) is 7.29. The average molecular weight is 483 g/mol. The van der Waals surface area contributed by atoms with Crippen LogP contribution in [0.5, 0.6) is 0 Å². The van der Waals surface area contributed by atoms with Crippen molar-refractivity contribution in [1.82, 2.24) is 29.9 Å². The Hall–Kier alpha value is -4.19. The molecule has 6 nitrogen and oxygen atoms in total. The molecule has 0 radical (unpaired) electrons. The van der Waals surface area contributed by atoms with Gasteiger partial charge in [0.25, 0.3) is 0 Å². The van der Waals surface area contributed by atoms with Gasteiger partial charge in [-0.2, -0.15) is 0 Å². The summed E-state index contributed by atoms with van der Waals surface area (Å²) in [6.45, 7) is 0. The summed E-state index contributed by atoms with van der Waals surface area (Å²) < 4.78 is 0.718. The topological polar surface area (TPSA) is 80.2 Å². The summed E-state index contributed by atoms with van der Waals surface area (Å²) in [5.74, 6) is 0. The predicted octanol–water partition coefficient (Wildman–Crippen LogP) is 5.15. The van der Waals surface area contributed by atoms with E-state index >= 15 is 0 Å². The van der Waals surface area contributed by atoms with Crippen LogP contribution in [-0.2, 0) is 16.0 Å². The molecule has 0 atom stereocenters. The second-order valence-corrected chi connectivity index (χ2v) is 7.81. The Balaban J connectivity index is 0.000000115. The number of aromatic nitrogens is 6. The molecule has 0 saturated carbocycles. The van der Waals surface area contributed by atoms with Crippen LogP contribution in [0.1, 0.15) is 0 Å². The summed E-state index contributed by atoms with van der Waals surface area (Å²) in [4.78, 5) is 23.8. The van der Waals surface area contributed by atoms with Gasteiger partial charge in [-0.3, -0.25) is 19.9 Å². The first kappa shape index (κ1) is 21.6. The minimum absolute atomic E-state index is 0.718. The first-order valence-electron chi connectivity index (χ1n) is 10.6. The van der Waals surface area contributed by atoms with Crippen LogP contribution in [0.2, 0.25) is 0 Å². The van der Waals surface area contributed by atoms with Crippen LogP contribution in [0.25, 0.3) is 43.6 Å². The van der Waals surface area contributed by atoms with E-state index in [0.717, 1.165) is 48.3 Å². The third-order valence-electron chi connectivity index (χ3n) is 5.16. The van der Waals surface area contributed by atoms with E-state index < -0.39 is 0 Å². The van der Waals surface area contributed by atoms with Crippen LogP contribution >= 0.6 is 0 Å². The Morgan fingerprint density at radius 2 is 1.00 bits per heavy atom. The fraction of sp³-hybridized carbons (Fsp3) is 0. The smallest absolute Gasteiger partial charge is 0.0795 e. The maximum absolute atomic E-state index is 4.37. The summed E-state index contributed by atoms with van der Waals surface area (Å²) in [6.07, 6.45) is 10.6. The van der Waals surface area contributed by atoms with Crippen molar-refractivity contribution in [2.45, 2.75) is 0 Å². The zero-order chi connectivity index (χ0) is 23.2. The molecule has 0 saturated heterocycles. The van der Waals surface area contributed by atoms with Crippen molar-refractivity contribution in [3.8, 4) is 0 Å². The summed E-state index contributed by atoms with van der Waals surface area (Å²) in [6, 6.07) is 24.2. The van der Waals surface area contributed by atoms with E-state index in [1.165, 1.54) is 0 Å². The van der Waals surface area contributed by atoms with Crippen LogP contribution in [-0.4, -0.2) is 29.9 Å². The number of nitrogens with zero attached hydrogens (tertiary/aromatic N) is 5. The predicted molar refractivity (Wildman–Crippen MR) is 132 cm³/mol. The van der Waals surface area contributed by atoms with Gasteiger partial charge in [0.15, 0.2) is 0 Å². The first-order valence-corrected chi connectivity index (χ1v) is 11.2. The van der Waals surface area contributed by atoms with Gasteiger partial charge < -0.3 is 0 Å². The number of imidazole rings is 1. The molecule has 5 heterocycles. The standard InChI is InChI=1S/2C12H8N2.C3H3N2.Fe/c2*1-3-9-5-6-11-10(4-2-7-13-11)12(9)14-8-1;1-2-5-3-4-1;/h2*1-8H;1-2H,(H,4,5);. The van der Waals surface area contributed by atoms with Gasteiger partial charge in [0.1, 0.15) is 0 Å². The van der Waals surface area contributed by atoms with E-state index in [4.69, 9.17) is 0 Å². The number of pyridine rings is 4. The first-order chi connectivity index (χ1) is 16.8. The van der Waals surface area contributed by atoms with Crippen LogP contribution in [0.4, 0.5) is 0 Å². The minimum atomic E-state index is 0.718. The molecule has 7 aromatic rings. The van der Waals surface area contributed by atoms with Gasteiger partial charge >= 0.3 is 43.1 Å². The van der Waals surface area contributed by atoms with Crippen molar-refractivity contribution < 1.29 is 16.0 Å². The van der Waals surface area contributed by atoms with Gasteiger partial charge in [-0.15, -0.1) is 0 Å². The molecule has 0 fully saturated rings. The van der Waals surface area contributed by atoms with E-state index in [0.29, 0.717) is 0 Å². The molecule has 7 rings (SSSR count). The molecule has 2 aromatic carbocycles. The molecule has 0 aliphatic carbocycles. The van der Waals surface area contributed by atoms with Crippen molar-refractivity contribution in [3.05, 3.63) is 110 Å². The Labute approximate surface area is 204 Å². The Morgan fingerprint density at radius 3 is 1.44 bits per heavy atom. The Kier molecular flexibility index (Phi) is 6.47. The number of rotatable bonds is 0. The molecular weight excluding hydrogens is 464 g/mol.